The molecule has 6 nitrogen and oxygen atoms in total. The van der Waals surface area contributed by atoms with Gasteiger partial charge in [-0.15, -0.1) is 0 Å². The highest BCUT2D eigenvalue weighted by Crippen LogP contribution is 2.45. The van der Waals surface area contributed by atoms with E-state index < -0.39 is 0 Å². The van der Waals surface area contributed by atoms with Crippen LogP contribution in [0.1, 0.15) is 46.6 Å². The number of phenols is 2. The standard InChI is InChI=1S/C21H21N3O3/c1-3-9-24-20(13-5-4-6-14(25)11-13)17-18(22-23-19(17)21(24)27)15-10-12(2)7-8-16(15)26/h4-8,10-11,20,25-26H,3,9H2,1-2H3,(H,22,23). The lowest BCUT2D eigenvalue weighted by molar-refractivity contribution is 0.0743. The zero-order valence-corrected chi connectivity index (χ0v) is 15.2. The van der Waals surface area contributed by atoms with Crippen LogP contribution in [0.15, 0.2) is 42.5 Å². The highest BCUT2D eigenvalue weighted by Gasteiger charge is 2.42. The van der Waals surface area contributed by atoms with Crippen LogP contribution in [0.5, 0.6) is 11.5 Å². The van der Waals surface area contributed by atoms with E-state index in [2.05, 4.69) is 10.2 Å². The molecule has 3 aromatic rings. The van der Waals surface area contributed by atoms with Crippen LogP contribution in [0.4, 0.5) is 0 Å². The smallest absolute Gasteiger partial charge is 0.273 e. The maximum Gasteiger partial charge on any atom is 0.273 e. The zero-order chi connectivity index (χ0) is 19.1. The van der Waals surface area contributed by atoms with Crippen molar-refractivity contribution < 1.29 is 15.0 Å². The molecule has 1 unspecified atom stereocenters. The average Bonchev–Trinajstić information content (AvgIpc) is 3.17. The molecule has 1 amide bonds. The summed E-state index contributed by atoms with van der Waals surface area (Å²) in [4.78, 5) is 14.8. The molecule has 0 aliphatic carbocycles. The summed E-state index contributed by atoms with van der Waals surface area (Å²) in [6.07, 6.45) is 0.809. The Labute approximate surface area is 157 Å². The SMILES string of the molecule is CCCN1C(=O)c2[nH]nc(-c3cc(C)ccc3O)c2C1c1cccc(O)c1. The van der Waals surface area contributed by atoms with Crippen LogP contribution in [-0.4, -0.2) is 37.8 Å². The first-order chi connectivity index (χ1) is 13.0. The predicted molar refractivity (Wildman–Crippen MR) is 102 cm³/mol. The first-order valence-electron chi connectivity index (χ1n) is 8.99. The fourth-order valence-electron chi connectivity index (χ4n) is 3.75. The second-order valence-corrected chi connectivity index (χ2v) is 6.88. The molecule has 138 valence electrons. The second-order valence-electron chi connectivity index (χ2n) is 6.88. The van der Waals surface area contributed by atoms with Crippen molar-refractivity contribution in [1.29, 1.82) is 0 Å². The molecule has 4 rings (SSSR count). The number of hydrogen-bond donors (Lipinski definition) is 3. The van der Waals surface area contributed by atoms with Gasteiger partial charge < -0.3 is 15.1 Å². The summed E-state index contributed by atoms with van der Waals surface area (Å²) in [7, 11) is 0. The van der Waals surface area contributed by atoms with Gasteiger partial charge in [-0.2, -0.15) is 5.10 Å². The van der Waals surface area contributed by atoms with E-state index in [-0.39, 0.29) is 23.4 Å². The number of H-pyrrole nitrogens is 1. The Morgan fingerprint density at radius 3 is 2.74 bits per heavy atom. The van der Waals surface area contributed by atoms with Crippen LogP contribution in [0.3, 0.4) is 0 Å². The Kier molecular flexibility index (Phi) is 4.11. The number of phenolic OH excluding ortho intramolecular Hbond substituents is 2. The molecule has 1 aromatic heterocycles. The molecular weight excluding hydrogens is 342 g/mol. The van der Waals surface area contributed by atoms with Crippen molar-refractivity contribution in [2.45, 2.75) is 26.3 Å². The Morgan fingerprint density at radius 1 is 1.19 bits per heavy atom. The van der Waals surface area contributed by atoms with Crippen LogP contribution >= 0.6 is 0 Å². The van der Waals surface area contributed by atoms with Crippen molar-refractivity contribution in [2.24, 2.45) is 0 Å². The fraction of sp³-hybridized carbons (Fsp3) is 0.238. The van der Waals surface area contributed by atoms with Gasteiger partial charge in [-0.1, -0.05) is 30.7 Å². The van der Waals surface area contributed by atoms with Gasteiger partial charge in [-0.05, 0) is 43.2 Å². The summed E-state index contributed by atoms with van der Waals surface area (Å²) >= 11 is 0. The van der Waals surface area contributed by atoms with E-state index >= 15 is 0 Å². The van der Waals surface area contributed by atoms with Gasteiger partial charge in [-0.3, -0.25) is 9.89 Å². The van der Waals surface area contributed by atoms with E-state index in [0.717, 1.165) is 23.1 Å². The third-order valence-corrected chi connectivity index (χ3v) is 4.92. The topological polar surface area (TPSA) is 89.5 Å². The summed E-state index contributed by atoms with van der Waals surface area (Å²) < 4.78 is 0. The van der Waals surface area contributed by atoms with E-state index in [0.29, 0.717) is 23.5 Å². The quantitative estimate of drug-likeness (QED) is 0.658. The molecule has 0 fully saturated rings. The molecule has 6 heteroatoms. The maximum atomic E-state index is 13.0. The van der Waals surface area contributed by atoms with E-state index in [1.807, 2.05) is 32.0 Å². The first-order valence-corrected chi connectivity index (χ1v) is 8.99. The van der Waals surface area contributed by atoms with Crippen molar-refractivity contribution in [1.82, 2.24) is 15.1 Å². The minimum absolute atomic E-state index is 0.117. The highest BCUT2D eigenvalue weighted by molar-refractivity contribution is 6.00. The third-order valence-electron chi connectivity index (χ3n) is 4.92. The number of fused-ring (bicyclic) bond motifs is 1. The molecule has 0 saturated carbocycles. The molecule has 1 aliphatic heterocycles. The number of aryl methyl sites for hydroxylation is 1. The fourth-order valence-corrected chi connectivity index (χ4v) is 3.75. The van der Waals surface area contributed by atoms with Gasteiger partial charge in [0.1, 0.15) is 22.9 Å². The molecule has 0 bridgehead atoms. The lowest BCUT2D eigenvalue weighted by Gasteiger charge is -2.26. The number of benzene rings is 2. The largest absolute Gasteiger partial charge is 0.508 e. The Hall–Kier alpha value is -3.28. The Bertz CT molecular complexity index is 1030. The van der Waals surface area contributed by atoms with Crippen LogP contribution in [-0.2, 0) is 0 Å². The number of aromatic hydroxyl groups is 2. The van der Waals surface area contributed by atoms with Crippen molar-refractivity contribution in [3.63, 3.8) is 0 Å². The van der Waals surface area contributed by atoms with E-state index in [1.165, 1.54) is 0 Å². The van der Waals surface area contributed by atoms with Crippen LogP contribution in [0.25, 0.3) is 11.3 Å². The molecule has 2 aromatic carbocycles. The summed E-state index contributed by atoms with van der Waals surface area (Å²) in [5, 5.41) is 27.6. The number of aromatic amines is 1. The number of nitrogens with one attached hydrogen (secondary N) is 1. The van der Waals surface area contributed by atoms with Gasteiger partial charge in [0.25, 0.3) is 5.91 Å². The van der Waals surface area contributed by atoms with Gasteiger partial charge in [0.2, 0.25) is 0 Å². The first kappa shape index (κ1) is 17.1. The number of amides is 1. The number of hydrogen-bond acceptors (Lipinski definition) is 4. The molecular formula is C21H21N3O3. The van der Waals surface area contributed by atoms with Gasteiger partial charge in [-0.25, -0.2) is 0 Å². The summed E-state index contributed by atoms with van der Waals surface area (Å²) in [5.41, 5.74) is 4.12. The molecule has 3 N–H and O–H groups in total. The van der Waals surface area contributed by atoms with Crippen LogP contribution in [0.2, 0.25) is 0 Å². The van der Waals surface area contributed by atoms with Crippen molar-refractivity contribution >= 4 is 5.91 Å². The minimum Gasteiger partial charge on any atom is -0.508 e. The predicted octanol–water partition coefficient (Wildman–Crippen LogP) is 3.75. The number of carbonyl (C=O) groups is 1. The normalized spacial score (nSPS) is 16.0. The molecule has 1 aliphatic rings. The monoisotopic (exact) mass is 363 g/mol. The van der Waals surface area contributed by atoms with E-state index in [4.69, 9.17) is 0 Å². The molecule has 0 spiro atoms. The molecule has 2 heterocycles. The Balaban J connectivity index is 1.94. The van der Waals surface area contributed by atoms with Crippen molar-refractivity contribution in [3.05, 3.63) is 64.8 Å². The van der Waals surface area contributed by atoms with Crippen molar-refractivity contribution in [2.75, 3.05) is 6.54 Å². The lowest BCUT2D eigenvalue weighted by atomic mass is 9.95. The van der Waals surface area contributed by atoms with Crippen LogP contribution < -0.4 is 0 Å². The van der Waals surface area contributed by atoms with E-state index in [9.17, 15) is 15.0 Å². The molecule has 0 saturated heterocycles. The van der Waals surface area contributed by atoms with E-state index in [1.54, 1.807) is 29.2 Å². The Morgan fingerprint density at radius 2 is 2.00 bits per heavy atom. The molecule has 1 atom stereocenters. The highest BCUT2D eigenvalue weighted by atomic mass is 16.3. The van der Waals surface area contributed by atoms with Crippen LogP contribution in [0, 0.1) is 6.92 Å². The minimum atomic E-state index is -0.367. The summed E-state index contributed by atoms with van der Waals surface area (Å²) in [6.45, 7) is 4.54. The van der Waals surface area contributed by atoms with Crippen molar-refractivity contribution in [3.8, 4) is 22.8 Å². The summed E-state index contributed by atoms with van der Waals surface area (Å²) in [5.74, 6) is 0.144. The number of aromatic nitrogens is 2. The van der Waals surface area contributed by atoms with Gasteiger partial charge in [0, 0.05) is 17.7 Å². The maximum absolute atomic E-state index is 13.0. The van der Waals surface area contributed by atoms with Gasteiger partial charge >= 0.3 is 0 Å². The lowest BCUT2D eigenvalue weighted by Crippen LogP contribution is -2.30. The third kappa shape index (κ3) is 2.73. The zero-order valence-electron chi connectivity index (χ0n) is 15.2. The second kappa shape index (κ2) is 6.46. The number of carbonyl (C=O) groups excluding carboxylic acids is 1. The number of nitrogens with zero attached hydrogens (tertiary/aromatic N) is 2. The summed E-state index contributed by atoms with van der Waals surface area (Å²) in [6, 6.07) is 11.9. The van der Waals surface area contributed by atoms with Gasteiger partial charge in [0.15, 0.2) is 0 Å². The average molecular weight is 363 g/mol. The molecule has 27 heavy (non-hydrogen) atoms. The number of rotatable bonds is 4. The molecule has 0 radical (unpaired) electrons. The van der Waals surface area contributed by atoms with Gasteiger partial charge in [0.05, 0.1) is 6.04 Å².